The third kappa shape index (κ3) is 3.85. The molecule has 3 rings (SSSR count). The van der Waals surface area contributed by atoms with E-state index in [0.717, 1.165) is 36.9 Å². The molecule has 0 radical (unpaired) electrons. The Morgan fingerprint density at radius 2 is 1.92 bits per heavy atom. The summed E-state index contributed by atoms with van der Waals surface area (Å²) in [6.45, 7) is 7.12. The SMILES string of the molecule is COc1ccc(C)cc1[C@H](C)NCc1cnc(N2CCCC2)nc1. The number of nitrogens with one attached hydrogen (secondary N) is 1. The van der Waals surface area contributed by atoms with Crippen LogP contribution in [-0.4, -0.2) is 30.2 Å². The largest absolute Gasteiger partial charge is 0.496 e. The van der Waals surface area contributed by atoms with E-state index in [1.165, 1.54) is 24.0 Å². The van der Waals surface area contributed by atoms with Gasteiger partial charge in [0.15, 0.2) is 0 Å². The lowest BCUT2D eigenvalue weighted by Gasteiger charge is -2.18. The molecular weight excluding hydrogens is 300 g/mol. The lowest BCUT2D eigenvalue weighted by molar-refractivity contribution is 0.401. The van der Waals surface area contributed by atoms with Crippen LogP contribution in [0.15, 0.2) is 30.6 Å². The zero-order valence-electron chi connectivity index (χ0n) is 14.7. The molecule has 5 nitrogen and oxygen atoms in total. The highest BCUT2D eigenvalue weighted by molar-refractivity contribution is 5.39. The molecule has 0 unspecified atom stereocenters. The molecule has 1 atom stereocenters. The van der Waals surface area contributed by atoms with Crippen molar-refractivity contribution in [1.82, 2.24) is 15.3 Å². The average Bonchev–Trinajstić information content (AvgIpc) is 3.14. The molecule has 0 saturated carbocycles. The first kappa shape index (κ1) is 16.7. The maximum atomic E-state index is 5.48. The van der Waals surface area contributed by atoms with Crippen LogP contribution in [0.3, 0.4) is 0 Å². The van der Waals surface area contributed by atoms with Gasteiger partial charge in [0.25, 0.3) is 0 Å². The molecule has 0 amide bonds. The van der Waals surface area contributed by atoms with Gasteiger partial charge < -0.3 is 15.0 Å². The third-order valence-corrected chi connectivity index (χ3v) is 4.54. The number of hydrogen-bond acceptors (Lipinski definition) is 5. The first-order valence-corrected chi connectivity index (χ1v) is 8.61. The summed E-state index contributed by atoms with van der Waals surface area (Å²) in [4.78, 5) is 11.3. The summed E-state index contributed by atoms with van der Waals surface area (Å²) >= 11 is 0. The van der Waals surface area contributed by atoms with Crippen molar-refractivity contribution >= 4 is 5.95 Å². The van der Waals surface area contributed by atoms with Crippen LogP contribution >= 0.6 is 0 Å². The van der Waals surface area contributed by atoms with Crippen LogP contribution in [0.5, 0.6) is 5.75 Å². The molecule has 1 aliphatic rings. The van der Waals surface area contributed by atoms with E-state index in [9.17, 15) is 0 Å². The Labute approximate surface area is 144 Å². The van der Waals surface area contributed by atoms with Gasteiger partial charge in [-0.25, -0.2) is 9.97 Å². The van der Waals surface area contributed by atoms with Crippen LogP contribution in [-0.2, 0) is 6.54 Å². The number of benzene rings is 1. The van der Waals surface area contributed by atoms with Gasteiger partial charge in [-0.3, -0.25) is 0 Å². The molecule has 24 heavy (non-hydrogen) atoms. The lowest BCUT2D eigenvalue weighted by Crippen LogP contribution is -2.21. The minimum atomic E-state index is 0.193. The predicted molar refractivity (Wildman–Crippen MR) is 96.5 cm³/mol. The normalized spacial score (nSPS) is 15.5. The zero-order chi connectivity index (χ0) is 16.9. The molecular formula is C19H26N4O. The number of ether oxygens (including phenoxy) is 1. The van der Waals surface area contributed by atoms with Crippen molar-refractivity contribution in [3.63, 3.8) is 0 Å². The van der Waals surface area contributed by atoms with Crippen LogP contribution < -0.4 is 15.0 Å². The Hall–Kier alpha value is -2.14. The molecule has 1 aromatic heterocycles. The highest BCUT2D eigenvalue weighted by atomic mass is 16.5. The van der Waals surface area contributed by atoms with Crippen LogP contribution in [0.1, 0.15) is 42.5 Å². The molecule has 1 aliphatic heterocycles. The number of aromatic nitrogens is 2. The minimum absolute atomic E-state index is 0.193. The van der Waals surface area contributed by atoms with E-state index in [2.05, 4.69) is 46.2 Å². The van der Waals surface area contributed by atoms with Gasteiger partial charge in [-0.1, -0.05) is 17.7 Å². The second kappa shape index (κ2) is 7.62. The van der Waals surface area contributed by atoms with Crippen LogP contribution in [0, 0.1) is 6.92 Å². The summed E-state index contributed by atoms with van der Waals surface area (Å²) in [6, 6.07) is 6.46. The summed E-state index contributed by atoms with van der Waals surface area (Å²) < 4.78 is 5.48. The number of rotatable bonds is 6. The molecule has 2 aromatic rings. The van der Waals surface area contributed by atoms with E-state index in [1.807, 2.05) is 18.5 Å². The Morgan fingerprint density at radius 3 is 2.58 bits per heavy atom. The molecule has 0 spiro atoms. The first-order chi connectivity index (χ1) is 11.7. The molecule has 0 aliphatic carbocycles. The van der Waals surface area contributed by atoms with Crippen molar-refractivity contribution < 1.29 is 4.74 Å². The average molecular weight is 326 g/mol. The highest BCUT2D eigenvalue weighted by Crippen LogP contribution is 2.26. The van der Waals surface area contributed by atoms with Crippen molar-refractivity contribution in [1.29, 1.82) is 0 Å². The number of hydrogen-bond donors (Lipinski definition) is 1. The quantitative estimate of drug-likeness (QED) is 0.883. The van der Waals surface area contributed by atoms with E-state index in [0.29, 0.717) is 0 Å². The molecule has 1 aromatic carbocycles. The fourth-order valence-corrected chi connectivity index (χ4v) is 3.09. The number of methoxy groups -OCH3 is 1. The van der Waals surface area contributed by atoms with Crippen molar-refractivity contribution in [3.05, 3.63) is 47.3 Å². The maximum Gasteiger partial charge on any atom is 0.225 e. The fraction of sp³-hybridized carbons (Fsp3) is 0.474. The van der Waals surface area contributed by atoms with Crippen molar-refractivity contribution in [2.24, 2.45) is 0 Å². The van der Waals surface area contributed by atoms with Crippen molar-refractivity contribution in [2.75, 3.05) is 25.1 Å². The fourth-order valence-electron chi connectivity index (χ4n) is 3.09. The van der Waals surface area contributed by atoms with Crippen molar-refractivity contribution in [2.45, 2.75) is 39.3 Å². The van der Waals surface area contributed by atoms with Gasteiger partial charge in [0, 0.05) is 49.2 Å². The van der Waals surface area contributed by atoms with E-state index in [4.69, 9.17) is 4.74 Å². The second-order valence-corrected chi connectivity index (χ2v) is 6.43. The molecule has 0 bridgehead atoms. The van der Waals surface area contributed by atoms with Gasteiger partial charge in [0.05, 0.1) is 7.11 Å². The van der Waals surface area contributed by atoms with Crippen LogP contribution in [0.4, 0.5) is 5.95 Å². The molecule has 5 heteroatoms. The van der Waals surface area contributed by atoms with Crippen molar-refractivity contribution in [3.8, 4) is 5.75 Å². The Bertz CT molecular complexity index is 666. The number of nitrogens with zero attached hydrogens (tertiary/aromatic N) is 3. The second-order valence-electron chi connectivity index (χ2n) is 6.43. The van der Waals surface area contributed by atoms with Gasteiger partial charge in [0.2, 0.25) is 5.95 Å². The van der Waals surface area contributed by atoms with E-state index < -0.39 is 0 Å². The highest BCUT2D eigenvalue weighted by Gasteiger charge is 2.15. The molecule has 1 N–H and O–H groups in total. The minimum Gasteiger partial charge on any atom is -0.496 e. The summed E-state index contributed by atoms with van der Waals surface area (Å²) in [7, 11) is 1.71. The summed E-state index contributed by atoms with van der Waals surface area (Å²) in [5.74, 6) is 1.77. The first-order valence-electron chi connectivity index (χ1n) is 8.61. The Kier molecular flexibility index (Phi) is 5.30. The zero-order valence-corrected chi connectivity index (χ0v) is 14.7. The Balaban J connectivity index is 1.61. The van der Waals surface area contributed by atoms with Gasteiger partial charge in [-0.05, 0) is 32.8 Å². The van der Waals surface area contributed by atoms with Gasteiger partial charge in [0.1, 0.15) is 5.75 Å². The van der Waals surface area contributed by atoms with E-state index >= 15 is 0 Å². The van der Waals surface area contributed by atoms with Gasteiger partial charge in [-0.2, -0.15) is 0 Å². The number of anilines is 1. The van der Waals surface area contributed by atoms with Gasteiger partial charge >= 0.3 is 0 Å². The van der Waals surface area contributed by atoms with Gasteiger partial charge in [-0.15, -0.1) is 0 Å². The number of aryl methyl sites for hydroxylation is 1. The predicted octanol–water partition coefficient (Wildman–Crippen LogP) is 3.24. The lowest BCUT2D eigenvalue weighted by atomic mass is 10.0. The molecule has 2 heterocycles. The standard InChI is InChI=1S/C19H26N4O/c1-14-6-7-18(24-3)17(10-14)15(2)20-11-16-12-21-19(22-13-16)23-8-4-5-9-23/h6-7,10,12-13,15,20H,4-5,8-9,11H2,1-3H3/t15-/m0/s1. The third-order valence-electron chi connectivity index (χ3n) is 4.54. The van der Waals surface area contributed by atoms with E-state index in [-0.39, 0.29) is 6.04 Å². The summed E-state index contributed by atoms with van der Waals surface area (Å²) in [5, 5.41) is 3.53. The molecule has 1 fully saturated rings. The Morgan fingerprint density at radius 1 is 1.21 bits per heavy atom. The maximum absolute atomic E-state index is 5.48. The smallest absolute Gasteiger partial charge is 0.225 e. The van der Waals surface area contributed by atoms with Crippen LogP contribution in [0.25, 0.3) is 0 Å². The van der Waals surface area contributed by atoms with Crippen LogP contribution in [0.2, 0.25) is 0 Å². The van der Waals surface area contributed by atoms with E-state index in [1.54, 1.807) is 7.11 Å². The summed E-state index contributed by atoms with van der Waals surface area (Å²) in [5.41, 5.74) is 3.50. The monoisotopic (exact) mass is 326 g/mol. The topological polar surface area (TPSA) is 50.3 Å². The molecule has 128 valence electrons. The summed E-state index contributed by atoms with van der Waals surface area (Å²) in [6.07, 6.45) is 6.33. The molecule has 1 saturated heterocycles.